The second-order valence-electron chi connectivity index (χ2n) is 11.7. The van der Waals surface area contributed by atoms with Crippen LogP contribution in [0.3, 0.4) is 0 Å². The van der Waals surface area contributed by atoms with Gasteiger partial charge in [0.05, 0.1) is 0 Å². The molecule has 1 aromatic rings. The molecule has 0 saturated heterocycles. The lowest BCUT2D eigenvalue weighted by Crippen LogP contribution is -2.23. The van der Waals surface area contributed by atoms with E-state index in [1.807, 2.05) is 0 Å². The Morgan fingerprint density at radius 2 is 1.29 bits per heavy atom. The summed E-state index contributed by atoms with van der Waals surface area (Å²) >= 11 is 0. The van der Waals surface area contributed by atoms with Crippen molar-refractivity contribution in [1.82, 2.24) is 0 Å². The molecule has 0 heteroatoms. The summed E-state index contributed by atoms with van der Waals surface area (Å²) < 4.78 is 0. The molecule has 2 saturated carbocycles. The molecule has 176 valence electrons. The van der Waals surface area contributed by atoms with Crippen LogP contribution in [0.2, 0.25) is 0 Å². The molecule has 0 amide bonds. The Balaban J connectivity index is 1.35. The monoisotopic (exact) mass is 424 g/mol. The Bertz CT molecular complexity index is 581. The van der Waals surface area contributed by atoms with Crippen molar-refractivity contribution in [3.05, 3.63) is 35.4 Å². The van der Waals surface area contributed by atoms with Gasteiger partial charge in [0.2, 0.25) is 0 Å². The Kier molecular flexibility index (Phi) is 10.5. The first-order valence-corrected chi connectivity index (χ1v) is 14.2. The Morgan fingerprint density at radius 3 is 1.90 bits per heavy atom. The van der Waals surface area contributed by atoms with Crippen LogP contribution >= 0.6 is 0 Å². The number of rotatable bonds is 12. The van der Waals surface area contributed by atoms with Gasteiger partial charge >= 0.3 is 0 Å². The van der Waals surface area contributed by atoms with Gasteiger partial charge in [-0.05, 0) is 79.2 Å². The minimum Gasteiger partial charge on any atom is -0.0654 e. The summed E-state index contributed by atoms with van der Waals surface area (Å²) in [5.74, 6) is 2.85. The zero-order chi connectivity index (χ0) is 21.9. The topological polar surface area (TPSA) is 0 Å². The molecule has 0 N–H and O–H groups in total. The largest absolute Gasteiger partial charge is 0.0654 e. The van der Waals surface area contributed by atoms with Gasteiger partial charge in [0, 0.05) is 0 Å². The normalized spacial score (nSPS) is 29.2. The highest BCUT2D eigenvalue weighted by molar-refractivity contribution is 5.26. The van der Waals surface area contributed by atoms with Crippen LogP contribution in [0.1, 0.15) is 147 Å². The van der Waals surface area contributed by atoms with Crippen LogP contribution in [0, 0.1) is 17.3 Å². The predicted octanol–water partition coefficient (Wildman–Crippen LogP) is 10.3. The molecule has 31 heavy (non-hydrogen) atoms. The fourth-order valence-electron chi connectivity index (χ4n) is 6.52. The fourth-order valence-corrected chi connectivity index (χ4v) is 6.52. The molecule has 2 fully saturated rings. The lowest BCUT2D eigenvalue weighted by Gasteiger charge is -2.38. The quantitative estimate of drug-likeness (QED) is 0.293. The van der Waals surface area contributed by atoms with Crippen molar-refractivity contribution < 1.29 is 0 Å². The third-order valence-electron chi connectivity index (χ3n) is 9.05. The third kappa shape index (κ3) is 8.25. The molecule has 0 aliphatic heterocycles. The summed E-state index contributed by atoms with van der Waals surface area (Å²) in [4.78, 5) is 0. The molecule has 2 aliphatic carbocycles. The highest BCUT2D eigenvalue weighted by Crippen LogP contribution is 2.45. The summed E-state index contributed by atoms with van der Waals surface area (Å²) in [5, 5.41) is 0. The zero-order valence-electron chi connectivity index (χ0n) is 21.3. The maximum absolute atomic E-state index is 2.56. The van der Waals surface area contributed by atoms with Gasteiger partial charge in [-0.3, -0.25) is 0 Å². The molecule has 3 rings (SSSR count). The van der Waals surface area contributed by atoms with Crippen molar-refractivity contribution in [2.45, 2.75) is 142 Å². The summed E-state index contributed by atoms with van der Waals surface area (Å²) in [6.45, 7) is 7.20. The van der Waals surface area contributed by atoms with Crippen LogP contribution in [0.25, 0.3) is 0 Å². The van der Waals surface area contributed by atoms with Gasteiger partial charge in [-0.15, -0.1) is 0 Å². The third-order valence-corrected chi connectivity index (χ3v) is 9.05. The van der Waals surface area contributed by atoms with Gasteiger partial charge in [-0.1, -0.05) is 116 Å². The Hall–Kier alpha value is -0.780. The number of hydrogen-bond donors (Lipinski definition) is 0. The standard InChI is InChI=1S/C31H52/c1-4-6-8-10-26-11-13-27(14-12-26)15-16-28-17-19-29(20-18-28)30-21-24-31(3,25-22-30)23-9-7-5-2/h17-20,26-27,30H,4-16,21-25H2,1-3H3. The SMILES string of the molecule is CCCCCC1CCC(CCc2ccc(C3CCC(C)(CCCCC)CC3)cc2)CC1. The van der Waals surface area contributed by atoms with Crippen LogP contribution in [0.15, 0.2) is 24.3 Å². The van der Waals surface area contributed by atoms with E-state index < -0.39 is 0 Å². The maximum Gasteiger partial charge on any atom is -0.0162 e. The van der Waals surface area contributed by atoms with E-state index in [0.29, 0.717) is 5.41 Å². The van der Waals surface area contributed by atoms with E-state index in [0.717, 1.165) is 17.8 Å². The van der Waals surface area contributed by atoms with Crippen LogP contribution in [-0.4, -0.2) is 0 Å². The van der Waals surface area contributed by atoms with Gasteiger partial charge in [0.15, 0.2) is 0 Å². The predicted molar refractivity (Wildman–Crippen MR) is 138 cm³/mol. The van der Waals surface area contributed by atoms with Crippen molar-refractivity contribution in [3.8, 4) is 0 Å². The molecule has 0 unspecified atom stereocenters. The average Bonchev–Trinajstić information content (AvgIpc) is 2.80. The first kappa shape index (κ1) is 24.9. The van der Waals surface area contributed by atoms with Gasteiger partial charge < -0.3 is 0 Å². The van der Waals surface area contributed by atoms with Crippen molar-refractivity contribution in [2.24, 2.45) is 17.3 Å². The molecular weight excluding hydrogens is 372 g/mol. The number of unbranched alkanes of at least 4 members (excludes halogenated alkanes) is 4. The van der Waals surface area contributed by atoms with Crippen LogP contribution in [0.4, 0.5) is 0 Å². The Morgan fingerprint density at radius 1 is 0.710 bits per heavy atom. The number of hydrogen-bond acceptors (Lipinski definition) is 0. The summed E-state index contributed by atoms with van der Waals surface area (Å²) in [6, 6.07) is 9.87. The molecule has 0 aromatic heterocycles. The van der Waals surface area contributed by atoms with E-state index in [2.05, 4.69) is 45.0 Å². The number of aryl methyl sites for hydroxylation is 1. The average molecular weight is 425 g/mol. The van der Waals surface area contributed by atoms with E-state index in [4.69, 9.17) is 0 Å². The number of benzene rings is 1. The highest BCUT2D eigenvalue weighted by Gasteiger charge is 2.31. The summed E-state index contributed by atoms with van der Waals surface area (Å²) in [7, 11) is 0. The Labute approximate surface area is 195 Å². The molecule has 0 bridgehead atoms. The first-order chi connectivity index (χ1) is 15.1. The minimum absolute atomic E-state index is 0.626. The van der Waals surface area contributed by atoms with Crippen molar-refractivity contribution in [1.29, 1.82) is 0 Å². The fraction of sp³-hybridized carbons (Fsp3) is 0.806. The molecule has 0 atom stereocenters. The first-order valence-electron chi connectivity index (χ1n) is 14.2. The van der Waals surface area contributed by atoms with E-state index in [1.54, 1.807) is 11.1 Å². The van der Waals surface area contributed by atoms with Crippen LogP contribution < -0.4 is 0 Å². The van der Waals surface area contributed by atoms with Crippen LogP contribution in [-0.2, 0) is 6.42 Å². The smallest absolute Gasteiger partial charge is 0.0162 e. The second-order valence-corrected chi connectivity index (χ2v) is 11.7. The molecule has 1 aromatic carbocycles. The van der Waals surface area contributed by atoms with E-state index in [-0.39, 0.29) is 0 Å². The molecule has 0 nitrogen and oxygen atoms in total. The van der Waals surface area contributed by atoms with Gasteiger partial charge in [-0.25, -0.2) is 0 Å². The maximum atomic E-state index is 2.56. The second kappa shape index (κ2) is 13.1. The lowest BCUT2D eigenvalue weighted by molar-refractivity contribution is 0.178. The van der Waals surface area contributed by atoms with Crippen molar-refractivity contribution in [2.75, 3.05) is 0 Å². The summed E-state index contributed by atoms with van der Waals surface area (Å²) in [5.41, 5.74) is 3.82. The van der Waals surface area contributed by atoms with Gasteiger partial charge in [0.25, 0.3) is 0 Å². The van der Waals surface area contributed by atoms with Crippen LogP contribution in [0.5, 0.6) is 0 Å². The van der Waals surface area contributed by atoms with Crippen molar-refractivity contribution in [3.63, 3.8) is 0 Å². The lowest BCUT2D eigenvalue weighted by atomic mass is 9.68. The van der Waals surface area contributed by atoms with E-state index in [9.17, 15) is 0 Å². The summed E-state index contributed by atoms with van der Waals surface area (Å²) in [6.07, 6.45) is 25.8. The molecular formula is C31H52. The minimum atomic E-state index is 0.626. The zero-order valence-corrected chi connectivity index (χ0v) is 21.3. The van der Waals surface area contributed by atoms with Crippen molar-refractivity contribution >= 4 is 0 Å². The van der Waals surface area contributed by atoms with E-state index >= 15 is 0 Å². The molecule has 2 aliphatic rings. The highest BCUT2D eigenvalue weighted by atomic mass is 14.4. The van der Waals surface area contributed by atoms with Gasteiger partial charge in [-0.2, -0.15) is 0 Å². The van der Waals surface area contributed by atoms with E-state index in [1.165, 1.54) is 116 Å². The molecule has 0 radical (unpaired) electrons. The molecule has 0 spiro atoms. The molecule has 0 heterocycles. The van der Waals surface area contributed by atoms with Gasteiger partial charge in [0.1, 0.15) is 0 Å².